The third-order valence-corrected chi connectivity index (χ3v) is 5.32. The van der Waals surface area contributed by atoms with Crippen molar-refractivity contribution >= 4 is 29.2 Å². The molecule has 0 saturated heterocycles. The van der Waals surface area contributed by atoms with Crippen LogP contribution in [0.3, 0.4) is 0 Å². The topological polar surface area (TPSA) is 113 Å². The Balaban J connectivity index is 1.98. The first kappa shape index (κ1) is 22.3. The monoisotopic (exact) mass is 482 g/mol. The maximum Gasteiger partial charge on any atom is 0.425 e. The summed E-state index contributed by atoms with van der Waals surface area (Å²) < 4.78 is 57.0. The number of amides is 2. The predicted molar refractivity (Wildman–Crippen MR) is 108 cm³/mol. The van der Waals surface area contributed by atoms with E-state index in [0.29, 0.717) is 4.57 Å². The van der Waals surface area contributed by atoms with Gasteiger partial charge >= 0.3 is 11.9 Å². The van der Waals surface area contributed by atoms with Gasteiger partial charge in [-0.3, -0.25) is 19.4 Å². The summed E-state index contributed by atoms with van der Waals surface area (Å²) in [6.45, 7) is 0. The molecule has 3 N–H and O–H groups in total. The summed E-state index contributed by atoms with van der Waals surface area (Å²) in [6, 6.07) is 9.09. The largest absolute Gasteiger partial charge is 0.425 e. The fourth-order valence-electron chi connectivity index (χ4n) is 3.50. The summed E-state index contributed by atoms with van der Waals surface area (Å²) in [5.41, 5.74) is -8.38. The quantitative estimate of drug-likeness (QED) is 0.498. The Morgan fingerprint density at radius 1 is 1.03 bits per heavy atom. The number of rotatable bonds is 3. The lowest BCUT2D eigenvalue weighted by atomic mass is 9.91. The zero-order valence-corrected chi connectivity index (χ0v) is 16.8. The van der Waals surface area contributed by atoms with Crippen molar-refractivity contribution in [3.63, 3.8) is 0 Å². The summed E-state index contributed by atoms with van der Waals surface area (Å²) in [4.78, 5) is 52.1. The second-order valence-corrected chi connectivity index (χ2v) is 7.34. The van der Waals surface area contributed by atoms with E-state index in [1.807, 2.05) is 5.32 Å². The molecule has 2 heterocycles. The Hall–Kier alpha value is -3.93. The zero-order chi connectivity index (χ0) is 24.1. The molecule has 13 heteroatoms. The molecule has 33 heavy (non-hydrogen) atoms. The lowest BCUT2D eigenvalue weighted by Crippen LogP contribution is -2.62. The zero-order valence-electron chi connectivity index (χ0n) is 16.1. The van der Waals surface area contributed by atoms with Crippen molar-refractivity contribution in [3.05, 3.63) is 91.3 Å². The number of carbonyl (C=O) groups is 2. The van der Waals surface area contributed by atoms with Gasteiger partial charge in [-0.25, -0.2) is 13.8 Å². The van der Waals surface area contributed by atoms with Crippen LogP contribution in [0.5, 0.6) is 0 Å². The molecule has 1 aliphatic rings. The lowest BCUT2D eigenvalue weighted by molar-refractivity contribution is -0.196. The average Bonchev–Trinajstić information content (AvgIpc) is 3.02. The molecule has 3 aromatic rings. The van der Waals surface area contributed by atoms with Crippen LogP contribution in [0.2, 0.25) is 5.02 Å². The molecule has 1 atom stereocenters. The molecule has 8 nitrogen and oxygen atoms in total. The van der Waals surface area contributed by atoms with E-state index in [9.17, 15) is 36.7 Å². The first-order chi connectivity index (χ1) is 15.5. The van der Waals surface area contributed by atoms with Crippen LogP contribution in [0.1, 0.15) is 15.9 Å². The van der Waals surface area contributed by atoms with Gasteiger partial charge in [0.25, 0.3) is 22.9 Å². The third kappa shape index (κ3) is 3.39. The van der Waals surface area contributed by atoms with Crippen molar-refractivity contribution in [1.29, 1.82) is 0 Å². The normalized spacial score (nSPS) is 17.4. The Morgan fingerprint density at radius 2 is 1.67 bits per heavy atom. The minimum Gasteiger partial charge on any atom is -0.326 e. The van der Waals surface area contributed by atoms with Crippen LogP contribution in [0.4, 0.5) is 23.4 Å². The molecule has 0 fully saturated rings. The van der Waals surface area contributed by atoms with E-state index in [2.05, 4.69) is 0 Å². The van der Waals surface area contributed by atoms with Crippen molar-refractivity contribution in [2.45, 2.75) is 11.7 Å². The number of alkyl halides is 3. The first-order valence-corrected chi connectivity index (χ1v) is 9.46. The molecule has 0 bridgehead atoms. The fraction of sp³-hybridized carbons (Fsp3) is 0.100. The number of fused-ring (bicyclic) bond motifs is 1. The maximum absolute atomic E-state index is 14.4. The highest BCUT2D eigenvalue weighted by Crippen LogP contribution is 2.45. The number of halogens is 5. The minimum absolute atomic E-state index is 0.149. The molecule has 1 aliphatic heterocycles. The van der Waals surface area contributed by atoms with Crippen molar-refractivity contribution in [2.24, 2.45) is 0 Å². The second-order valence-electron chi connectivity index (χ2n) is 6.93. The average molecular weight is 483 g/mol. The van der Waals surface area contributed by atoms with Gasteiger partial charge in [0.15, 0.2) is 0 Å². The summed E-state index contributed by atoms with van der Waals surface area (Å²) >= 11 is 5.88. The maximum atomic E-state index is 14.4. The number of benzene rings is 2. The number of hydrogen-bond donors (Lipinski definition) is 3. The molecular weight excluding hydrogens is 472 g/mol. The molecule has 2 amide bonds. The van der Waals surface area contributed by atoms with Crippen LogP contribution >= 0.6 is 11.6 Å². The van der Waals surface area contributed by atoms with Crippen molar-refractivity contribution in [1.82, 2.24) is 14.9 Å². The minimum atomic E-state index is -5.52. The molecule has 1 aromatic heterocycles. The fourth-order valence-corrected chi connectivity index (χ4v) is 3.72. The first-order valence-electron chi connectivity index (χ1n) is 9.08. The molecule has 2 aromatic carbocycles. The molecule has 0 spiro atoms. The van der Waals surface area contributed by atoms with E-state index in [0.717, 1.165) is 30.3 Å². The van der Waals surface area contributed by atoms with E-state index < -0.39 is 52.0 Å². The van der Waals surface area contributed by atoms with E-state index in [1.165, 1.54) is 18.2 Å². The van der Waals surface area contributed by atoms with Gasteiger partial charge in [0.05, 0.1) is 16.3 Å². The highest BCUT2D eigenvalue weighted by Gasteiger charge is 2.68. The van der Waals surface area contributed by atoms with Crippen molar-refractivity contribution < 1.29 is 27.2 Å². The predicted octanol–water partition coefficient (Wildman–Crippen LogP) is 2.46. The summed E-state index contributed by atoms with van der Waals surface area (Å²) in [5, 5.41) is 3.26. The number of nitrogens with one attached hydrogen (secondary N) is 3. The molecule has 0 aliphatic carbocycles. The number of H-pyrrole nitrogens is 1. The van der Waals surface area contributed by atoms with Gasteiger partial charge in [0.2, 0.25) is 0 Å². The Bertz CT molecular complexity index is 1420. The van der Waals surface area contributed by atoms with Gasteiger partial charge < -0.3 is 10.6 Å². The van der Waals surface area contributed by atoms with Gasteiger partial charge in [0, 0.05) is 0 Å². The summed E-state index contributed by atoms with van der Waals surface area (Å²) in [6.07, 6.45) is -5.52. The Labute approximate surface area is 185 Å². The van der Waals surface area contributed by atoms with Crippen molar-refractivity contribution in [3.8, 4) is 5.69 Å². The van der Waals surface area contributed by atoms with E-state index in [4.69, 9.17) is 11.6 Å². The summed E-state index contributed by atoms with van der Waals surface area (Å²) in [5.74, 6) is -4.73. The van der Waals surface area contributed by atoms with Crippen LogP contribution in [0, 0.1) is 5.82 Å². The van der Waals surface area contributed by atoms with Gasteiger partial charge in [0.1, 0.15) is 17.2 Å². The molecular formula is C20H11ClF4N4O4. The Kier molecular flexibility index (Phi) is 5.12. The van der Waals surface area contributed by atoms with Gasteiger partial charge in [-0.15, -0.1) is 0 Å². The van der Waals surface area contributed by atoms with Crippen LogP contribution in [-0.2, 0) is 10.3 Å². The van der Waals surface area contributed by atoms with Crippen molar-refractivity contribution in [2.75, 3.05) is 5.32 Å². The highest BCUT2D eigenvalue weighted by molar-refractivity contribution is 6.34. The Morgan fingerprint density at radius 3 is 2.27 bits per heavy atom. The molecule has 170 valence electrons. The summed E-state index contributed by atoms with van der Waals surface area (Å²) in [7, 11) is 0. The van der Waals surface area contributed by atoms with Crippen LogP contribution in [-0.4, -0.2) is 27.5 Å². The standard InChI is InChI=1S/C20H11ClF4N4O4/c21-12-4-2-1-3-11(12)15(30)28-19(20(23,24)25)13-14(26-17(19)32)29(18(33)27-16(13)31)10-7-5-9(22)6-8-10/h1-8H,(H,26,32)(H,28,30)(H,27,31,33)/t19-/m0/s1. The number of carbonyl (C=O) groups excluding carboxylic acids is 2. The number of aromatic amines is 1. The number of aromatic nitrogens is 2. The van der Waals surface area contributed by atoms with Gasteiger partial charge in [-0.05, 0) is 36.4 Å². The van der Waals surface area contributed by atoms with Gasteiger partial charge in [-0.1, -0.05) is 23.7 Å². The smallest absolute Gasteiger partial charge is 0.326 e. The number of nitrogens with zero attached hydrogens (tertiary/aromatic N) is 1. The van der Waals surface area contributed by atoms with Gasteiger partial charge in [-0.2, -0.15) is 13.2 Å². The molecule has 0 saturated carbocycles. The van der Waals surface area contributed by atoms with Crippen LogP contribution in [0.15, 0.2) is 58.1 Å². The SMILES string of the molecule is O=C(N[C@]1(C(F)(F)F)C(=O)Nc2c1c(=O)[nH]c(=O)n2-c1ccc(F)cc1)c1ccccc1Cl. The number of hydrogen-bond acceptors (Lipinski definition) is 4. The second kappa shape index (κ2) is 7.59. The lowest BCUT2D eigenvalue weighted by Gasteiger charge is -2.30. The van der Waals surface area contributed by atoms with E-state index >= 15 is 0 Å². The molecule has 4 rings (SSSR count). The van der Waals surface area contributed by atoms with E-state index in [-0.39, 0.29) is 16.3 Å². The van der Waals surface area contributed by atoms with Crippen LogP contribution in [0.25, 0.3) is 5.69 Å². The number of anilines is 1. The molecule has 0 unspecified atom stereocenters. The van der Waals surface area contributed by atoms with E-state index in [1.54, 1.807) is 10.3 Å². The highest BCUT2D eigenvalue weighted by atomic mass is 35.5. The van der Waals surface area contributed by atoms with Crippen LogP contribution < -0.4 is 21.9 Å². The third-order valence-electron chi connectivity index (χ3n) is 4.99. The molecule has 0 radical (unpaired) electrons.